The second-order valence-electron chi connectivity index (χ2n) is 2.48. The molecule has 0 radical (unpaired) electrons. The van der Waals surface area contributed by atoms with E-state index in [-0.39, 0.29) is 37.7 Å². The molecule has 0 aliphatic carbocycles. The molecule has 0 bridgehead atoms. The van der Waals surface area contributed by atoms with Crippen molar-refractivity contribution in [1.29, 1.82) is 0 Å². The van der Waals surface area contributed by atoms with Crippen LogP contribution in [0.2, 0.25) is 0 Å². The molecule has 0 saturated carbocycles. The normalized spacial score (nSPS) is 14.0. The zero-order chi connectivity index (χ0) is 15.9. The molecule has 0 rings (SSSR count). The Morgan fingerprint density at radius 2 is 0.952 bits per heavy atom. The molecule has 0 heterocycles. The minimum absolute atomic E-state index is 0. The maximum Gasteiger partial charge on any atom is 1.00 e. The average Bonchev–Trinajstić information content (AvgIpc) is 1.93. The third-order valence-corrected chi connectivity index (χ3v) is 6.61. The summed E-state index contributed by atoms with van der Waals surface area (Å²) in [4.78, 5) is 0. The topological polar surface area (TPSA) is 114 Å². The Morgan fingerprint density at radius 1 is 0.762 bits per heavy atom. The number of nitrogens with zero attached hydrogens (tertiary/aromatic N) is 2. The molecule has 0 saturated heterocycles. The van der Waals surface area contributed by atoms with Crippen molar-refractivity contribution in [1.82, 2.24) is 0 Å². The molecule has 19 heteroatoms. The molecule has 0 N–H and O–H groups in total. The second-order valence-corrected chi connectivity index (χ2v) is 8.88. The summed E-state index contributed by atoms with van der Waals surface area (Å²) in [6.45, 7) is -6.02. The Balaban J connectivity index is -0.00000162. The molecular weight excluding hydrogens is 390 g/mol. The number of sulfonamides is 2. The van der Waals surface area contributed by atoms with Gasteiger partial charge in [-0.3, -0.25) is 0 Å². The first kappa shape index (κ1) is 27.0. The third kappa shape index (κ3) is 7.97. The van der Waals surface area contributed by atoms with Gasteiger partial charge in [-0.05, 0) is 0 Å². The molecule has 116 valence electrons. The van der Waals surface area contributed by atoms with E-state index < -0.39 is 37.9 Å². The summed E-state index contributed by atoms with van der Waals surface area (Å²) >= 11 is 4.38. The van der Waals surface area contributed by atoms with Gasteiger partial charge in [0.15, 0.2) is 20.0 Å². The number of hydrogen-bond acceptors (Lipinski definition) is 5. The van der Waals surface area contributed by atoms with Gasteiger partial charge in [0.1, 0.15) is 0 Å². The van der Waals surface area contributed by atoms with E-state index in [1.807, 2.05) is 0 Å². The van der Waals surface area contributed by atoms with Crippen LogP contribution >= 0.6 is 18.0 Å². The second kappa shape index (κ2) is 7.79. The van der Waals surface area contributed by atoms with Crippen molar-refractivity contribution in [3.63, 3.8) is 0 Å². The van der Waals surface area contributed by atoms with Crippen LogP contribution in [0.5, 0.6) is 0 Å². The van der Waals surface area contributed by atoms with Gasteiger partial charge in [0.2, 0.25) is 0 Å². The fourth-order valence-corrected chi connectivity index (χ4v) is 5.08. The van der Waals surface area contributed by atoms with Gasteiger partial charge in [-0.2, -0.15) is 26.3 Å². The Bertz CT molecular complexity index is 552. The summed E-state index contributed by atoms with van der Waals surface area (Å²) in [7, 11) is -13.1. The molecule has 0 atom stereocenters. The molecule has 0 spiro atoms. The van der Waals surface area contributed by atoms with Crippen molar-refractivity contribution in [2.75, 3.05) is 0 Å². The molecule has 0 unspecified atom stereocenters. The fourth-order valence-electron chi connectivity index (χ4n) is 0.373. The summed E-state index contributed by atoms with van der Waals surface area (Å²) in [5.74, 6) is 0. The zero-order valence-electron chi connectivity index (χ0n) is 9.85. The van der Waals surface area contributed by atoms with Crippen LogP contribution in [0.25, 0.3) is 8.99 Å². The van der Waals surface area contributed by atoms with Crippen molar-refractivity contribution in [3.8, 4) is 0 Å². The molecule has 0 amide bonds. The van der Waals surface area contributed by atoms with Crippen molar-refractivity contribution in [2.24, 2.45) is 0 Å². The van der Waals surface area contributed by atoms with Gasteiger partial charge in [0, 0.05) is 6.80 Å². The van der Waals surface area contributed by atoms with E-state index >= 15 is 0 Å². The van der Waals surface area contributed by atoms with E-state index in [1.165, 1.54) is 8.99 Å². The van der Waals surface area contributed by atoms with E-state index in [1.54, 1.807) is 0 Å². The van der Waals surface area contributed by atoms with E-state index in [4.69, 9.17) is 0 Å². The van der Waals surface area contributed by atoms with Crippen LogP contribution < -0.4 is 37.7 Å². The van der Waals surface area contributed by atoms with Crippen molar-refractivity contribution in [3.05, 3.63) is 8.99 Å². The molecule has 7 nitrogen and oxygen atoms in total. The van der Waals surface area contributed by atoms with E-state index in [0.717, 1.165) is 0 Å². The first-order valence-corrected chi connectivity index (χ1v) is 8.72. The van der Waals surface area contributed by atoms with Gasteiger partial charge in [-0.25, -0.2) is 16.8 Å². The van der Waals surface area contributed by atoms with Crippen LogP contribution in [0.3, 0.4) is 0 Å². The first-order valence-electron chi connectivity index (χ1n) is 3.33. The number of rotatable bonds is 4. The number of alkyl halides is 6. The van der Waals surface area contributed by atoms with Gasteiger partial charge in [0.05, 0.1) is 0 Å². The van der Waals surface area contributed by atoms with Crippen molar-refractivity contribution < 1.29 is 85.5 Å². The standard InChI is InChI=1S/C2ClF6N2O5PS2.2Li/c3-17(12,10-18(13,14)1(4,5)6)11-19(15,16)2(7,8)9;;/q-2;2*+1. The third-order valence-electron chi connectivity index (χ3n) is 1.00. The Kier molecular flexibility index (Phi) is 10.0. The van der Waals surface area contributed by atoms with E-state index in [0.29, 0.717) is 0 Å². The number of hydrogen-bond donors (Lipinski definition) is 0. The van der Waals surface area contributed by atoms with Gasteiger partial charge >= 0.3 is 48.7 Å². The van der Waals surface area contributed by atoms with Crippen LogP contribution in [0.4, 0.5) is 26.3 Å². The Labute approximate surface area is 143 Å². The quantitative estimate of drug-likeness (QED) is 0.285. The van der Waals surface area contributed by atoms with Gasteiger partial charge < -0.3 is 13.6 Å². The minimum atomic E-state index is -6.57. The Hall–Kier alpha value is 1.11. The smallest absolute Gasteiger partial charge is 0.486 e. The minimum Gasteiger partial charge on any atom is -0.486 e. The predicted molar refractivity (Wildman–Crippen MR) is 50.1 cm³/mol. The van der Waals surface area contributed by atoms with E-state index in [9.17, 15) is 47.7 Å². The van der Waals surface area contributed by atoms with Gasteiger partial charge in [-0.15, -0.1) is 0 Å². The fraction of sp³-hybridized carbons (Fsp3) is 1.00. The van der Waals surface area contributed by atoms with E-state index in [2.05, 4.69) is 11.2 Å². The van der Waals surface area contributed by atoms with Crippen LogP contribution in [-0.2, 0) is 24.6 Å². The van der Waals surface area contributed by atoms with Crippen LogP contribution in [0, 0.1) is 0 Å². The average molecular weight is 390 g/mol. The van der Waals surface area contributed by atoms with Crippen LogP contribution in [0.15, 0.2) is 0 Å². The molecule has 0 aliphatic heterocycles. The Morgan fingerprint density at radius 3 is 1.10 bits per heavy atom. The first-order chi connectivity index (χ1) is 7.91. The van der Waals surface area contributed by atoms with Gasteiger partial charge in [0.25, 0.3) is 0 Å². The zero-order valence-corrected chi connectivity index (χ0v) is 13.1. The molecule has 0 fully saturated rings. The molecule has 21 heavy (non-hydrogen) atoms. The predicted octanol–water partition coefficient (Wildman–Crippen LogP) is -3.21. The summed E-state index contributed by atoms with van der Waals surface area (Å²) in [6, 6.07) is 0. The van der Waals surface area contributed by atoms with Gasteiger partial charge in [-0.1, -0.05) is 11.2 Å². The monoisotopic (exact) mass is 390 g/mol. The summed E-state index contributed by atoms with van der Waals surface area (Å²) in [5, 5.41) is 0. The maximum atomic E-state index is 11.8. The number of halogens is 7. The summed E-state index contributed by atoms with van der Waals surface area (Å²) < 4.78 is 125. The molecule has 0 aromatic heterocycles. The molecular formula is C2ClF6Li2N2O5PS2. The van der Waals surface area contributed by atoms with Crippen LogP contribution in [0.1, 0.15) is 0 Å². The van der Waals surface area contributed by atoms with Crippen LogP contribution in [-0.4, -0.2) is 27.9 Å². The molecule has 0 aliphatic rings. The maximum absolute atomic E-state index is 11.8. The van der Waals surface area contributed by atoms with Crippen molar-refractivity contribution in [2.45, 2.75) is 11.0 Å². The molecule has 0 aromatic rings. The van der Waals surface area contributed by atoms with Crippen molar-refractivity contribution >= 4 is 38.1 Å². The largest absolute Gasteiger partial charge is 1.00 e. The summed E-state index contributed by atoms with van der Waals surface area (Å²) in [6.07, 6.45) is 0. The summed E-state index contributed by atoms with van der Waals surface area (Å²) in [5.41, 5.74) is -12.3. The molecule has 0 aromatic carbocycles. The SMILES string of the molecule is O=P(Cl)([N-]S(=O)(=O)C(F)(F)F)[N-]S(=O)(=O)C(F)(F)F.[Li+].[Li+].